The van der Waals surface area contributed by atoms with Crippen LogP contribution in [-0.2, 0) is 0 Å². The van der Waals surface area contributed by atoms with Crippen molar-refractivity contribution in [1.29, 1.82) is 0 Å². The first-order valence-electron chi connectivity index (χ1n) is 7.25. The Labute approximate surface area is 130 Å². The molecule has 0 bridgehead atoms. The molecular formula is C17H21NO2S. The molecule has 0 spiro atoms. The molecule has 3 nitrogen and oxygen atoms in total. The van der Waals surface area contributed by atoms with Gasteiger partial charge in [0.05, 0.1) is 12.2 Å². The quantitative estimate of drug-likeness (QED) is 0.853. The van der Waals surface area contributed by atoms with E-state index in [1.54, 1.807) is 0 Å². The van der Waals surface area contributed by atoms with Crippen LogP contribution in [0.1, 0.15) is 36.2 Å². The van der Waals surface area contributed by atoms with Crippen molar-refractivity contribution in [3.63, 3.8) is 0 Å². The van der Waals surface area contributed by atoms with Crippen molar-refractivity contribution < 1.29 is 9.90 Å². The van der Waals surface area contributed by atoms with Crippen molar-refractivity contribution in [2.75, 3.05) is 19.7 Å². The van der Waals surface area contributed by atoms with E-state index in [1.165, 1.54) is 0 Å². The minimum absolute atomic E-state index is 0.0431. The third-order valence-corrected chi connectivity index (χ3v) is 4.55. The maximum atomic E-state index is 12.7. The average molecular weight is 303 g/mol. The Bertz CT molecular complexity index is 551. The smallest absolute Gasteiger partial charge is 0.255 e. The van der Waals surface area contributed by atoms with Gasteiger partial charge in [-0.25, -0.2) is 0 Å². The molecular weight excluding hydrogens is 282 g/mol. The van der Waals surface area contributed by atoms with Gasteiger partial charge in [0, 0.05) is 35.6 Å². The lowest BCUT2D eigenvalue weighted by Crippen LogP contribution is -2.44. The molecule has 1 aromatic rings. The van der Waals surface area contributed by atoms with Crippen molar-refractivity contribution in [2.24, 2.45) is 0 Å². The fourth-order valence-electron chi connectivity index (χ4n) is 2.51. The van der Waals surface area contributed by atoms with E-state index >= 15 is 0 Å². The molecule has 1 heterocycles. The third kappa shape index (κ3) is 4.26. The highest BCUT2D eigenvalue weighted by molar-refractivity contribution is 8.00. The summed E-state index contributed by atoms with van der Waals surface area (Å²) in [5, 5.41) is 9.73. The number of rotatable bonds is 2. The summed E-state index contributed by atoms with van der Waals surface area (Å²) in [5.74, 6) is 5.94. The van der Waals surface area contributed by atoms with Crippen molar-refractivity contribution in [3.8, 4) is 11.8 Å². The summed E-state index contributed by atoms with van der Waals surface area (Å²) in [7, 11) is 0. The van der Waals surface area contributed by atoms with Crippen LogP contribution in [0.15, 0.2) is 24.3 Å². The molecule has 21 heavy (non-hydrogen) atoms. The first-order chi connectivity index (χ1) is 10.1. The van der Waals surface area contributed by atoms with Crippen LogP contribution in [0.4, 0.5) is 0 Å². The van der Waals surface area contributed by atoms with Gasteiger partial charge in [-0.2, -0.15) is 11.8 Å². The van der Waals surface area contributed by atoms with Crippen LogP contribution < -0.4 is 0 Å². The number of thioether (sulfide) groups is 1. The van der Waals surface area contributed by atoms with Crippen LogP contribution in [-0.4, -0.2) is 46.1 Å². The molecule has 1 N–H and O–H groups in total. The number of hydrogen-bond acceptors (Lipinski definition) is 3. The highest BCUT2D eigenvalue weighted by Gasteiger charge is 2.27. The van der Waals surface area contributed by atoms with Gasteiger partial charge in [0.25, 0.3) is 5.91 Å². The molecule has 112 valence electrons. The number of benzene rings is 1. The largest absolute Gasteiger partial charge is 0.395 e. The molecule has 0 aliphatic carbocycles. The number of carbonyl (C=O) groups is 1. The summed E-state index contributed by atoms with van der Waals surface area (Å²) >= 11 is 1.93. The van der Waals surface area contributed by atoms with Crippen molar-refractivity contribution in [2.45, 2.75) is 30.8 Å². The van der Waals surface area contributed by atoms with E-state index < -0.39 is 0 Å². The van der Waals surface area contributed by atoms with Crippen LogP contribution >= 0.6 is 11.8 Å². The Morgan fingerprint density at radius 3 is 2.67 bits per heavy atom. The first-order valence-corrected chi connectivity index (χ1v) is 8.19. The average Bonchev–Trinajstić information content (AvgIpc) is 2.46. The van der Waals surface area contributed by atoms with Gasteiger partial charge >= 0.3 is 0 Å². The van der Waals surface area contributed by atoms with E-state index in [-0.39, 0.29) is 12.5 Å². The first kappa shape index (κ1) is 15.9. The highest BCUT2D eigenvalue weighted by Crippen LogP contribution is 2.26. The summed E-state index contributed by atoms with van der Waals surface area (Å²) in [6.45, 7) is 5.93. The van der Waals surface area contributed by atoms with Crippen LogP contribution in [0.2, 0.25) is 0 Å². The summed E-state index contributed by atoms with van der Waals surface area (Å²) < 4.78 is 0. The van der Waals surface area contributed by atoms with Crippen LogP contribution in [0.5, 0.6) is 0 Å². The molecule has 1 aromatic carbocycles. The zero-order chi connectivity index (χ0) is 15.2. The number of aliphatic hydroxyl groups is 1. The van der Waals surface area contributed by atoms with E-state index in [1.807, 2.05) is 40.9 Å². The standard InChI is InChI=1S/C17H21NO2S/c1-13-11-18(12-14(2)21-13)17(20)16-9-4-3-7-15(16)8-5-6-10-19/h3-4,7,9,13-14,19H,6,10-12H2,1-2H3. The summed E-state index contributed by atoms with van der Waals surface area (Å²) in [4.78, 5) is 14.7. The van der Waals surface area contributed by atoms with Crippen molar-refractivity contribution in [3.05, 3.63) is 35.4 Å². The van der Waals surface area contributed by atoms with Crippen molar-refractivity contribution in [1.82, 2.24) is 4.90 Å². The molecule has 1 aliphatic rings. The van der Waals surface area contributed by atoms with Crippen LogP contribution in [0.25, 0.3) is 0 Å². The molecule has 0 radical (unpaired) electrons. The predicted octanol–water partition coefficient (Wildman–Crippen LogP) is 2.39. The van der Waals surface area contributed by atoms with Gasteiger partial charge in [-0.1, -0.05) is 37.8 Å². The van der Waals surface area contributed by atoms with Crippen LogP contribution in [0.3, 0.4) is 0 Å². The lowest BCUT2D eigenvalue weighted by atomic mass is 10.1. The normalized spacial score (nSPS) is 21.6. The third-order valence-electron chi connectivity index (χ3n) is 3.32. The molecule has 2 rings (SSSR count). The number of carbonyl (C=O) groups excluding carboxylic acids is 1. The Balaban J connectivity index is 2.21. The molecule has 4 heteroatoms. The van der Waals surface area contributed by atoms with Gasteiger partial charge in [-0.3, -0.25) is 4.79 Å². The van der Waals surface area contributed by atoms with Gasteiger partial charge in [-0.05, 0) is 12.1 Å². The Morgan fingerprint density at radius 2 is 2.00 bits per heavy atom. The number of aliphatic hydroxyl groups excluding tert-OH is 1. The second-order valence-corrected chi connectivity index (χ2v) is 7.17. The zero-order valence-electron chi connectivity index (χ0n) is 12.5. The molecule has 1 aliphatic heterocycles. The number of hydrogen-bond donors (Lipinski definition) is 1. The summed E-state index contributed by atoms with van der Waals surface area (Å²) in [5.41, 5.74) is 1.41. The maximum absolute atomic E-state index is 12.7. The second kappa shape index (κ2) is 7.53. The number of nitrogens with zero attached hydrogens (tertiary/aromatic N) is 1. The van der Waals surface area contributed by atoms with Gasteiger partial charge < -0.3 is 10.0 Å². The van der Waals surface area contributed by atoms with E-state index in [0.29, 0.717) is 22.5 Å². The molecule has 1 amide bonds. The molecule has 2 unspecified atom stereocenters. The summed E-state index contributed by atoms with van der Waals surface area (Å²) in [6.07, 6.45) is 0.428. The molecule has 0 saturated carbocycles. The molecule has 1 saturated heterocycles. The predicted molar refractivity (Wildman–Crippen MR) is 87.4 cm³/mol. The molecule has 2 atom stereocenters. The number of amides is 1. The van der Waals surface area contributed by atoms with E-state index in [0.717, 1.165) is 18.7 Å². The SMILES string of the molecule is CC1CN(C(=O)c2ccccc2C#CCCO)CC(C)S1. The molecule has 0 aromatic heterocycles. The Hall–Kier alpha value is -1.44. The monoisotopic (exact) mass is 303 g/mol. The van der Waals surface area contributed by atoms with Gasteiger partial charge in [-0.15, -0.1) is 0 Å². The van der Waals surface area contributed by atoms with Crippen LogP contribution in [0, 0.1) is 11.8 Å². The zero-order valence-corrected chi connectivity index (χ0v) is 13.3. The minimum atomic E-state index is 0.0431. The lowest BCUT2D eigenvalue weighted by molar-refractivity contribution is 0.0753. The maximum Gasteiger partial charge on any atom is 0.255 e. The minimum Gasteiger partial charge on any atom is -0.395 e. The summed E-state index contributed by atoms with van der Waals surface area (Å²) in [6, 6.07) is 7.46. The fraction of sp³-hybridized carbons (Fsp3) is 0.471. The van der Waals surface area contributed by atoms with Gasteiger partial charge in [0.2, 0.25) is 0 Å². The second-order valence-electron chi connectivity index (χ2n) is 5.29. The van der Waals surface area contributed by atoms with Gasteiger partial charge in [0.15, 0.2) is 0 Å². The van der Waals surface area contributed by atoms with E-state index in [2.05, 4.69) is 25.7 Å². The molecule has 1 fully saturated rings. The van der Waals surface area contributed by atoms with E-state index in [9.17, 15) is 4.79 Å². The fourth-order valence-corrected chi connectivity index (χ4v) is 3.83. The van der Waals surface area contributed by atoms with E-state index in [4.69, 9.17) is 5.11 Å². The topological polar surface area (TPSA) is 40.5 Å². The highest BCUT2D eigenvalue weighted by atomic mass is 32.2. The van der Waals surface area contributed by atoms with Gasteiger partial charge in [0.1, 0.15) is 0 Å². The van der Waals surface area contributed by atoms with Crippen molar-refractivity contribution >= 4 is 17.7 Å². The Morgan fingerprint density at radius 1 is 1.33 bits per heavy atom. The lowest BCUT2D eigenvalue weighted by Gasteiger charge is -2.34. The Kier molecular flexibility index (Phi) is 5.72.